The molecule has 1 nitrogen and oxygen atoms in total. The Morgan fingerprint density at radius 1 is 0.700 bits per heavy atom. The fourth-order valence-electron chi connectivity index (χ4n) is 0.631. The van der Waals surface area contributed by atoms with Crippen molar-refractivity contribution in [3.05, 3.63) is 48.6 Å². The van der Waals surface area contributed by atoms with E-state index < -0.39 is 0 Å². The first-order valence-electron chi connectivity index (χ1n) is 3.16. The third kappa shape index (κ3) is 2.27. The summed E-state index contributed by atoms with van der Waals surface area (Å²) in [6.07, 6.45) is 14.9. The van der Waals surface area contributed by atoms with Gasteiger partial charge < -0.3 is 5.41 Å². The number of hydrogen-bond donors (Lipinski definition) is 1. The fraction of sp³-hybridized carbons (Fsp3) is 0. The largest absolute Gasteiger partial charge is 0.301 e. The normalized spacial score (nSPS) is 26.2. The molecular formula is C9H9N. The van der Waals surface area contributed by atoms with Crippen molar-refractivity contribution in [3.8, 4) is 0 Å². The molecule has 0 saturated carbocycles. The summed E-state index contributed by atoms with van der Waals surface area (Å²) >= 11 is 0. The lowest BCUT2D eigenvalue weighted by atomic mass is 10.3. The smallest absolute Gasteiger partial charge is 0.0539 e. The Kier molecular flexibility index (Phi) is 2.44. The zero-order valence-corrected chi connectivity index (χ0v) is 5.62. The monoisotopic (exact) mass is 131 g/mol. The predicted molar refractivity (Wildman–Crippen MR) is 44.3 cm³/mol. The molecule has 0 aromatic carbocycles. The van der Waals surface area contributed by atoms with Gasteiger partial charge in [-0.1, -0.05) is 36.5 Å². The molecule has 0 fully saturated rings. The van der Waals surface area contributed by atoms with Gasteiger partial charge in [-0.05, 0) is 12.2 Å². The van der Waals surface area contributed by atoms with Gasteiger partial charge in [0, 0.05) is 0 Å². The topological polar surface area (TPSA) is 23.9 Å². The van der Waals surface area contributed by atoms with E-state index in [9.17, 15) is 0 Å². The molecule has 1 heteroatoms. The molecule has 0 aliphatic heterocycles. The van der Waals surface area contributed by atoms with Gasteiger partial charge in [0.1, 0.15) is 0 Å². The Bertz CT molecular complexity index is 205. The van der Waals surface area contributed by atoms with Crippen molar-refractivity contribution in [1.29, 1.82) is 5.41 Å². The molecule has 1 N–H and O–H groups in total. The lowest BCUT2D eigenvalue weighted by Gasteiger charge is -1.80. The predicted octanol–water partition coefficient (Wildman–Crippen LogP) is 2.24. The van der Waals surface area contributed by atoms with Crippen LogP contribution in [0.3, 0.4) is 0 Å². The van der Waals surface area contributed by atoms with Crippen LogP contribution in [0.25, 0.3) is 0 Å². The molecule has 10 heavy (non-hydrogen) atoms. The summed E-state index contributed by atoms with van der Waals surface area (Å²) < 4.78 is 0. The van der Waals surface area contributed by atoms with E-state index in [1.54, 1.807) is 12.2 Å². The Balaban J connectivity index is 2.80. The fourth-order valence-corrected chi connectivity index (χ4v) is 0.631. The second-order valence-electron chi connectivity index (χ2n) is 1.94. The van der Waals surface area contributed by atoms with E-state index in [1.165, 1.54) is 0 Å². The van der Waals surface area contributed by atoms with E-state index in [-0.39, 0.29) is 0 Å². The van der Waals surface area contributed by atoms with Crippen LogP contribution in [-0.4, -0.2) is 5.71 Å². The van der Waals surface area contributed by atoms with Crippen molar-refractivity contribution in [2.24, 2.45) is 0 Å². The van der Waals surface area contributed by atoms with Crippen LogP contribution >= 0.6 is 0 Å². The summed E-state index contributed by atoms with van der Waals surface area (Å²) in [4.78, 5) is 0. The van der Waals surface area contributed by atoms with Crippen molar-refractivity contribution in [1.82, 2.24) is 0 Å². The second-order valence-corrected chi connectivity index (χ2v) is 1.94. The highest BCUT2D eigenvalue weighted by Gasteiger charge is 1.79. The van der Waals surface area contributed by atoms with Gasteiger partial charge >= 0.3 is 0 Å². The van der Waals surface area contributed by atoms with Crippen molar-refractivity contribution >= 4 is 5.71 Å². The van der Waals surface area contributed by atoms with Gasteiger partial charge in [-0.2, -0.15) is 0 Å². The maximum atomic E-state index is 7.28. The van der Waals surface area contributed by atoms with Crippen LogP contribution < -0.4 is 0 Å². The molecule has 0 bridgehead atoms. The molecule has 0 saturated heterocycles. The highest BCUT2D eigenvalue weighted by Crippen LogP contribution is 1.89. The van der Waals surface area contributed by atoms with Crippen LogP contribution in [0.1, 0.15) is 0 Å². The highest BCUT2D eigenvalue weighted by molar-refractivity contribution is 6.01. The Hall–Kier alpha value is -1.37. The van der Waals surface area contributed by atoms with Crippen LogP contribution in [0.4, 0.5) is 0 Å². The first-order chi connectivity index (χ1) is 4.89. The summed E-state index contributed by atoms with van der Waals surface area (Å²) in [5.41, 5.74) is 0.524. The Labute approximate surface area is 60.6 Å². The van der Waals surface area contributed by atoms with Gasteiger partial charge in [0.2, 0.25) is 0 Å². The highest BCUT2D eigenvalue weighted by atomic mass is 14.4. The maximum absolute atomic E-state index is 7.28. The lowest BCUT2D eigenvalue weighted by Crippen LogP contribution is -1.80. The molecule has 0 spiro atoms. The molecule has 0 heterocycles. The Morgan fingerprint density at radius 3 is 1.60 bits per heavy atom. The van der Waals surface area contributed by atoms with E-state index >= 15 is 0 Å². The van der Waals surface area contributed by atoms with Crippen molar-refractivity contribution in [3.63, 3.8) is 0 Å². The van der Waals surface area contributed by atoms with Gasteiger partial charge in [-0.25, -0.2) is 0 Å². The average Bonchev–Trinajstić information content (AvgIpc) is 2.02. The van der Waals surface area contributed by atoms with E-state index in [2.05, 4.69) is 0 Å². The average molecular weight is 131 g/mol. The molecule has 1 aliphatic rings. The van der Waals surface area contributed by atoms with Crippen molar-refractivity contribution in [2.75, 3.05) is 0 Å². The summed E-state index contributed by atoms with van der Waals surface area (Å²) in [6.45, 7) is 0. The quantitative estimate of drug-likeness (QED) is 0.521. The zero-order valence-electron chi connectivity index (χ0n) is 5.62. The van der Waals surface area contributed by atoms with Gasteiger partial charge in [0.05, 0.1) is 5.71 Å². The van der Waals surface area contributed by atoms with Crippen molar-refractivity contribution in [2.45, 2.75) is 0 Å². The van der Waals surface area contributed by atoms with Gasteiger partial charge in [-0.15, -0.1) is 0 Å². The third-order valence-corrected chi connectivity index (χ3v) is 1.11. The van der Waals surface area contributed by atoms with Gasteiger partial charge in [0.15, 0.2) is 0 Å². The van der Waals surface area contributed by atoms with Crippen LogP contribution in [-0.2, 0) is 0 Å². The number of rotatable bonds is 0. The van der Waals surface area contributed by atoms with Gasteiger partial charge in [0.25, 0.3) is 0 Å². The molecular weight excluding hydrogens is 122 g/mol. The number of allylic oxidation sites excluding steroid dienone is 8. The van der Waals surface area contributed by atoms with E-state index in [4.69, 9.17) is 5.41 Å². The molecule has 0 amide bonds. The molecule has 0 unspecified atom stereocenters. The van der Waals surface area contributed by atoms with E-state index in [0.29, 0.717) is 5.71 Å². The summed E-state index contributed by atoms with van der Waals surface area (Å²) in [6, 6.07) is 0. The molecule has 0 radical (unpaired) electrons. The Morgan fingerprint density at radius 2 is 1.10 bits per heavy atom. The van der Waals surface area contributed by atoms with E-state index in [0.717, 1.165) is 0 Å². The summed E-state index contributed by atoms with van der Waals surface area (Å²) in [5, 5.41) is 7.28. The first-order valence-corrected chi connectivity index (χ1v) is 3.16. The SMILES string of the molecule is N=C1C=C/C=C/C=C\C=C/1. The number of hydrogen-bond acceptors (Lipinski definition) is 1. The standard InChI is InChI=1S/C9H9N/c10-9-7-5-3-1-2-4-6-8-9/h1-8,10H/b3-1-,4-2+,7-5-,8-6?,10-9?. The summed E-state index contributed by atoms with van der Waals surface area (Å²) in [7, 11) is 0. The minimum absolute atomic E-state index is 0.524. The lowest BCUT2D eigenvalue weighted by molar-refractivity contribution is 1.53. The molecule has 0 aromatic heterocycles. The third-order valence-electron chi connectivity index (χ3n) is 1.11. The minimum Gasteiger partial charge on any atom is -0.301 e. The second kappa shape index (κ2) is 3.62. The minimum atomic E-state index is 0.524. The van der Waals surface area contributed by atoms with Crippen molar-refractivity contribution < 1.29 is 0 Å². The molecule has 0 aromatic rings. The molecule has 0 atom stereocenters. The van der Waals surface area contributed by atoms with Gasteiger partial charge in [-0.3, -0.25) is 0 Å². The van der Waals surface area contributed by atoms with Crippen LogP contribution in [0, 0.1) is 5.41 Å². The maximum Gasteiger partial charge on any atom is 0.0539 e. The molecule has 1 rings (SSSR count). The van der Waals surface area contributed by atoms with Crippen LogP contribution in [0.15, 0.2) is 48.6 Å². The summed E-state index contributed by atoms with van der Waals surface area (Å²) in [5.74, 6) is 0. The first kappa shape index (κ1) is 6.75. The molecule has 50 valence electrons. The molecule has 1 aliphatic carbocycles. The van der Waals surface area contributed by atoms with E-state index in [1.807, 2.05) is 36.5 Å². The van der Waals surface area contributed by atoms with Crippen LogP contribution in [0.2, 0.25) is 0 Å². The zero-order chi connectivity index (χ0) is 7.23. The van der Waals surface area contributed by atoms with Crippen LogP contribution in [0.5, 0.6) is 0 Å². The number of nitrogens with one attached hydrogen (secondary N) is 1.